The van der Waals surface area contributed by atoms with Crippen LogP contribution in [0, 0.1) is 5.92 Å². The highest BCUT2D eigenvalue weighted by atomic mass is 32.2. The zero-order valence-electron chi connectivity index (χ0n) is 24.0. The quantitative estimate of drug-likeness (QED) is 0.122. The number of rotatable bonds is 16. The summed E-state index contributed by atoms with van der Waals surface area (Å²) in [5.41, 5.74) is 4.27. The second-order valence-electron chi connectivity index (χ2n) is 10.2. The zero-order valence-corrected chi connectivity index (χ0v) is 24.8. The molecule has 0 unspecified atom stereocenters. The number of methoxy groups -OCH3 is 1. The molecular formula is C31H38N4O7S. The van der Waals surface area contributed by atoms with E-state index in [9.17, 15) is 22.8 Å². The Morgan fingerprint density at radius 3 is 2.09 bits per heavy atom. The number of primary sulfonamides is 1. The van der Waals surface area contributed by atoms with Gasteiger partial charge in [-0.25, -0.2) is 19.0 Å². The zero-order chi connectivity index (χ0) is 31.2. The van der Waals surface area contributed by atoms with Crippen LogP contribution in [0.2, 0.25) is 0 Å². The summed E-state index contributed by atoms with van der Waals surface area (Å²) >= 11 is 0. The summed E-state index contributed by atoms with van der Waals surface area (Å²) in [5.74, 6) is -1.59. The molecule has 0 aliphatic rings. The second-order valence-corrected chi connectivity index (χ2v) is 11.7. The topological polar surface area (TPSA) is 177 Å². The Bertz CT molecular complexity index is 1450. The molecule has 0 aromatic heterocycles. The number of benzene rings is 3. The smallest absolute Gasteiger partial charge is 0.244 e. The lowest BCUT2D eigenvalue weighted by molar-refractivity contribution is -0.136. The number of ether oxygens (including phenoxy) is 1. The average Bonchev–Trinajstić information content (AvgIpc) is 3.00. The molecule has 0 heterocycles. The molecule has 0 spiro atoms. The van der Waals surface area contributed by atoms with Gasteiger partial charge in [-0.3, -0.25) is 19.6 Å². The SMILES string of the molecule is COc1ccc(CCC[C@H](CC(=O)NO)C(=O)N[C@@H](Cc2ccccc2)C(=O)NCCc2ccc(S(N)(=O)=O)cc2)cc1. The molecule has 43 heavy (non-hydrogen) atoms. The van der Waals surface area contributed by atoms with Gasteiger partial charge < -0.3 is 15.4 Å². The molecule has 2 atom stereocenters. The van der Waals surface area contributed by atoms with E-state index in [2.05, 4.69) is 10.6 Å². The van der Waals surface area contributed by atoms with Crippen LogP contribution in [-0.4, -0.2) is 51.0 Å². The molecule has 3 amide bonds. The van der Waals surface area contributed by atoms with Crippen LogP contribution in [0.4, 0.5) is 0 Å². The van der Waals surface area contributed by atoms with E-state index in [-0.39, 0.29) is 24.3 Å². The number of hydrogen-bond donors (Lipinski definition) is 5. The Hall–Kier alpha value is -4.26. The minimum absolute atomic E-state index is 0.000596. The van der Waals surface area contributed by atoms with E-state index in [1.54, 1.807) is 24.7 Å². The first-order valence-electron chi connectivity index (χ1n) is 13.9. The number of carbonyl (C=O) groups is 3. The lowest BCUT2D eigenvalue weighted by Crippen LogP contribution is -2.50. The highest BCUT2D eigenvalue weighted by Crippen LogP contribution is 2.18. The lowest BCUT2D eigenvalue weighted by atomic mass is 9.94. The molecule has 230 valence electrons. The Morgan fingerprint density at radius 1 is 0.860 bits per heavy atom. The van der Waals surface area contributed by atoms with E-state index in [0.717, 1.165) is 22.4 Å². The van der Waals surface area contributed by atoms with Gasteiger partial charge in [-0.1, -0.05) is 54.6 Å². The van der Waals surface area contributed by atoms with Gasteiger partial charge in [-0.2, -0.15) is 0 Å². The maximum Gasteiger partial charge on any atom is 0.244 e. The van der Waals surface area contributed by atoms with Gasteiger partial charge in [0.05, 0.1) is 12.0 Å². The van der Waals surface area contributed by atoms with Crippen LogP contribution in [0.15, 0.2) is 83.8 Å². The Morgan fingerprint density at radius 2 is 1.49 bits per heavy atom. The normalized spacial score (nSPS) is 12.5. The summed E-state index contributed by atoms with van der Waals surface area (Å²) in [6, 6.07) is 21.9. The molecule has 3 aromatic rings. The van der Waals surface area contributed by atoms with Crippen molar-refractivity contribution >= 4 is 27.7 Å². The molecule has 0 aliphatic carbocycles. The van der Waals surface area contributed by atoms with Crippen molar-refractivity contribution in [3.63, 3.8) is 0 Å². The summed E-state index contributed by atoms with van der Waals surface area (Å²) in [4.78, 5) is 38.7. The first-order chi connectivity index (χ1) is 20.6. The van der Waals surface area contributed by atoms with E-state index >= 15 is 0 Å². The molecule has 0 aliphatic heterocycles. The van der Waals surface area contributed by atoms with E-state index in [1.807, 2.05) is 54.6 Å². The van der Waals surface area contributed by atoms with Crippen LogP contribution in [0.25, 0.3) is 0 Å². The van der Waals surface area contributed by atoms with Gasteiger partial charge in [0.1, 0.15) is 11.8 Å². The second kappa shape index (κ2) is 16.4. The molecule has 12 heteroatoms. The third-order valence-corrected chi connectivity index (χ3v) is 7.91. The number of hydroxylamine groups is 1. The predicted octanol–water partition coefficient (Wildman–Crippen LogP) is 2.26. The number of nitrogens with one attached hydrogen (secondary N) is 3. The summed E-state index contributed by atoms with van der Waals surface area (Å²) in [5, 5.41) is 19.9. The minimum atomic E-state index is -3.80. The monoisotopic (exact) mass is 610 g/mol. The maximum atomic E-state index is 13.4. The molecule has 0 saturated carbocycles. The number of aryl methyl sites for hydroxylation is 1. The number of sulfonamides is 1. The van der Waals surface area contributed by atoms with Crippen molar-refractivity contribution in [2.24, 2.45) is 11.1 Å². The molecule has 3 aromatic carbocycles. The molecule has 0 bridgehead atoms. The average molecular weight is 611 g/mol. The van der Waals surface area contributed by atoms with Crippen LogP contribution in [0.1, 0.15) is 36.0 Å². The van der Waals surface area contributed by atoms with Gasteiger partial charge in [0.15, 0.2) is 0 Å². The van der Waals surface area contributed by atoms with Crippen LogP contribution in [-0.2, 0) is 43.7 Å². The van der Waals surface area contributed by atoms with Gasteiger partial charge >= 0.3 is 0 Å². The van der Waals surface area contributed by atoms with Crippen LogP contribution in [0.3, 0.4) is 0 Å². The third kappa shape index (κ3) is 11.2. The van der Waals surface area contributed by atoms with Crippen molar-refractivity contribution < 1.29 is 32.7 Å². The fraction of sp³-hybridized carbons (Fsp3) is 0.323. The van der Waals surface area contributed by atoms with E-state index in [1.165, 1.54) is 12.1 Å². The van der Waals surface area contributed by atoms with Crippen LogP contribution < -0.4 is 26.0 Å². The minimum Gasteiger partial charge on any atom is -0.497 e. The first kappa shape index (κ1) is 33.2. The van der Waals surface area contributed by atoms with Crippen molar-refractivity contribution in [1.82, 2.24) is 16.1 Å². The summed E-state index contributed by atoms with van der Waals surface area (Å²) < 4.78 is 28.1. The van der Waals surface area contributed by atoms with Gasteiger partial charge in [0, 0.05) is 25.3 Å². The maximum absolute atomic E-state index is 13.4. The predicted molar refractivity (Wildman–Crippen MR) is 161 cm³/mol. The fourth-order valence-electron chi connectivity index (χ4n) is 4.59. The molecule has 3 rings (SSSR count). The molecule has 0 saturated heterocycles. The Labute approximate surface area is 251 Å². The summed E-state index contributed by atoms with van der Waals surface area (Å²) in [7, 11) is -2.21. The molecule has 6 N–H and O–H groups in total. The molecular weight excluding hydrogens is 572 g/mol. The van der Waals surface area contributed by atoms with Gasteiger partial charge in [-0.15, -0.1) is 0 Å². The molecule has 0 radical (unpaired) electrons. The van der Waals surface area contributed by atoms with E-state index in [0.29, 0.717) is 25.7 Å². The Kier molecular flexibility index (Phi) is 12.7. The number of hydrogen-bond acceptors (Lipinski definition) is 7. The Balaban J connectivity index is 1.65. The van der Waals surface area contributed by atoms with Crippen molar-refractivity contribution in [2.75, 3.05) is 13.7 Å². The third-order valence-electron chi connectivity index (χ3n) is 6.98. The molecule has 11 nitrogen and oxygen atoms in total. The van der Waals surface area contributed by atoms with Gasteiger partial charge in [0.2, 0.25) is 27.7 Å². The summed E-state index contributed by atoms with van der Waals surface area (Å²) in [6.07, 6.45) is 2.04. The van der Waals surface area contributed by atoms with Gasteiger partial charge in [0.25, 0.3) is 0 Å². The van der Waals surface area contributed by atoms with E-state index in [4.69, 9.17) is 15.1 Å². The summed E-state index contributed by atoms with van der Waals surface area (Å²) in [6.45, 7) is 0.243. The number of amides is 3. The lowest BCUT2D eigenvalue weighted by Gasteiger charge is -2.22. The molecule has 0 fully saturated rings. The van der Waals surface area contributed by atoms with Crippen molar-refractivity contribution in [3.05, 3.63) is 95.6 Å². The van der Waals surface area contributed by atoms with Crippen LogP contribution in [0.5, 0.6) is 5.75 Å². The van der Waals surface area contributed by atoms with Gasteiger partial charge in [-0.05, 0) is 66.6 Å². The highest BCUT2D eigenvalue weighted by Gasteiger charge is 2.27. The first-order valence-corrected chi connectivity index (χ1v) is 15.4. The van der Waals surface area contributed by atoms with Crippen molar-refractivity contribution in [3.8, 4) is 5.75 Å². The number of nitrogens with two attached hydrogens (primary N) is 1. The largest absolute Gasteiger partial charge is 0.497 e. The standard InChI is InChI=1S/C31H38N4O7S/c1-42-26-14-10-22(11-15-26)8-5-9-25(21-29(36)35-39)30(37)34-28(20-24-6-3-2-4-7-24)31(38)33-19-18-23-12-16-27(17-13-23)43(32,40)41/h2-4,6-7,10-17,25,28,39H,5,8-9,18-21H2,1H3,(H,33,38)(H,34,37)(H,35,36)(H2,32,40,41)/t25-,28+/m1/s1. The van der Waals surface area contributed by atoms with Crippen molar-refractivity contribution in [2.45, 2.75) is 49.5 Å². The van der Waals surface area contributed by atoms with Crippen molar-refractivity contribution in [1.29, 1.82) is 0 Å². The highest BCUT2D eigenvalue weighted by molar-refractivity contribution is 7.89. The van der Waals surface area contributed by atoms with Crippen LogP contribution >= 0.6 is 0 Å². The number of carbonyl (C=O) groups excluding carboxylic acids is 3. The fourth-order valence-corrected chi connectivity index (χ4v) is 5.10. The van der Waals surface area contributed by atoms with E-state index < -0.39 is 39.7 Å².